The molecule has 1 N–H and O–H groups in total. The number of carbonyl (C=O) groups is 2. The summed E-state index contributed by atoms with van der Waals surface area (Å²) in [5, 5.41) is 8.84. The summed E-state index contributed by atoms with van der Waals surface area (Å²) >= 11 is 0. The zero-order valence-corrected chi connectivity index (χ0v) is 8.97. The van der Waals surface area contributed by atoms with Gasteiger partial charge in [0.05, 0.1) is 12.2 Å². The molecule has 2 heterocycles. The van der Waals surface area contributed by atoms with Gasteiger partial charge in [-0.25, -0.2) is 0 Å². The third-order valence-electron chi connectivity index (χ3n) is 2.88. The lowest BCUT2D eigenvalue weighted by Gasteiger charge is -2.14. The largest absolute Gasteiger partial charge is 0.481 e. The van der Waals surface area contributed by atoms with Gasteiger partial charge in [0, 0.05) is 18.7 Å². The summed E-state index contributed by atoms with van der Waals surface area (Å²) in [6, 6.07) is 1.72. The average molecular weight is 223 g/mol. The standard InChI is InChI=1S/C11H13NO4/c1-7-3-5-16-9(7)10(13)12-4-2-8(6-12)11(14)15/h3,5,8H,2,4,6H2,1H3,(H,14,15). The highest BCUT2D eigenvalue weighted by atomic mass is 16.4. The maximum atomic E-state index is 11.9. The predicted octanol–water partition coefficient (Wildman–Crippen LogP) is 1.13. The number of carboxylic acid groups (broad SMARTS) is 1. The fourth-order valence-electron chi connectivity index (χ4n) is 1.88. The predicted molar refractivity (Wildman–Crippen MR) is 55.1 cm³/mol. The minimum Gasteiger partial charge on any atom is -0.481 e. The fourth-order valence-corrected chi connectivity index (χ4v) is 1.88. The van der Waals surface area contributed by atoms with Gasteiger partial charge in [-0.05, 0) is 19.4 Å². The lowest BCUT2D eigenvalue weighted by Crippen LogP contribution is -2.30. The molecule has 0 aliphatic carbocycles. The average Bonchev–Trinajstić information content (AvgIpc) is 2.84. The van der Waals surface area contributed by atoms with Crippen molar-refractivity contribution in [3.63, 3.8) is 0 Å². The van der Waals surface area contributed by atoms with Crippen molar-refractivity contribution < 1.29 is 19.1 Å². The number of carbonyl (C=O) groups excluding carboxylic acids is 1. The Morgan fingerprint density at radius 3 is 2.81 bits per heavy atom. The zero-order chi connectivity index (χ0) is 11.7. The second kappa shape index (κ2) is 4.00. The van der Waals surface area contributed by atoms with E-state index in [1.54, 1.807) is 13.0 Å². The highest BCUT2D eigenvalue weighted by Gasteiger charge is 2.32. The molecule has 0 radical (unpaired) electrons. The van der Waals surface area contributed by atoms with Gasteiger partial charge in [0.2, 0.25) is 0 Å². The molecule has 1 aromatic heterocycles. The molecule has 0 saturated carbocycles. The van der Waals surface area contributed by atoms with Crippen LogP contribution in [0.4, 0.5) is 0 Å². The van der Waals surface area contributed by atoms with Crippen LogP contribution in [0.1, 0.15) is 22.5 Å². The lowest BCUT2D eigenvalue weighted by atomic mass is 10.1. The molecular weight excluding hydrogens is 210 g/mol. The van der Waals surface area contributed by atoms with Gasteiger partial charge in [0.25, 0.3) is 5.91 Å². The number of hydrogen-bond acceptors (Lipinski definition) is 3. The smallest absolute Gasteiger partial charge is 0.308 e. The highest BCUT2D eigenvalue weighted by molar-refractivity contribution is 5.93. The molecule has 86 valence electrons. The van der Waals surface area contributed by atoms with Crippen LogP contribution in [0.5, 0.6) is 0 Å². The van der Waals surface area contributed by atoms with Crippen molar-refractivity contribution in [3.8, 4) is 0 Å². The first-order valence-corrected chi connectivity index (χ1v) is 5.15. The van der Waals surface area contributed by atoms with E-state index >= 15 is 0 Å². The van der Waals surface area contributed by atoms with Crippen LogP contribution in [0.2, 0.25) is 0 Å². The van der Waals surface area contributed by atoms with E-state index < -0.39 is 11.9 Å². The van der Waals surface area contributed by atoms with E-state index in [0.717, 1.165) is 5.56 Å². The molecule has 5 heteroatoms. The summed E-state index contributed by atoms with van der Waals surface area (Å²) in [5.74, 6) is -1.19. The Morgan fingerprint density at radius 1 is 1.56 bits per heavy atom. The van der Waals surface area contributed by atoms with Gasteiger partial charge in [-0.15, -0.1) is 0 Å². The molecule has 0 aromatic carbocycles. The molecule has 1 aliphatic rings. The Bertz CT molecular complexity index is 423. The van der Waals surface area contributed by atoms with Crippen molar-refractivity contribution in [3.05, 3.63) is 23.7 Å². The minimum absolute atomic E-state index is 0.216. The fraction of sp³-hybridized carbons (Fsp3) is 0.455. The number of nitrogens with zero attached hydrogens (tertiary/aromatic N) is 1. The van der Waals surface area contributed by atoms with Crippen LogP contribution in [0.3, 0.4) is 0 Å². The summed E-state index contributed by atoms with van der Waals surface area (Å²) in [4.78, 5) is 24.2. The van der Waals surface area contributed by atoms with Crippen LogP contribution in [0.15, 0.2) is 16.7 Å². The van der Waals surface area contributed by atoms with Gasteiger partial charge in [-0.3, -0.25) is 9.59 Å². The first kappa shape index (κ1) is 10.7. The van der Waals surface area contributed by atoms with Crippen LogP contribution in [0, 0.1) is 12.8 Å². The molecular formula is C11H13NO4. The number of rotatable bonds is 2. The monoisotopic (exact) mass is 223 g/mol. The van der Waals surface area contributed by atoms with E-state index in [4.69, 9.17) is 9.52 Å². The molecule has 1 aliphatic heterocycles. The molecule has 1 aromatic rings. The summed E-state index contributed by atoms with van der Waals surface area (Å²) in [6.07, 6.45) is 1.98. The maximum Gasteiger partial charge on any atom is 0.308 e. The van der Waals surface area contributed by atoms with Gasteiger partial charge in [-0.1, -0.05) is 0 Å². The Balaban J connectivity index is 2.08. The Labute approximate surface area is 92.7 Å². The molecule has 2 rings (SSSR count). The quantitative estimate of drug-likeness (QED) is 0.816. The molecule has 1 atom stereocenters. The molecule has 0 spiro atoms. The van der Waals surface area contributed by atoms with Gasteiger partial charge in [0.1, 0.15) is 0 Å². The summed E-state index contributed by atoms with van der Waals surface area (Å²) < 4.78 is 5.10. The molecule has 1 saturated heterocycles. The molecule has 1 fully saturated rings. The second-order valence-corrected chi connectivity index (χ2v) is 4.01. The van der Waals surface area contributed by atoms with E-state index in [-0.39, 0.29) is 12.5 Å². The van der Waals surface area contributed by atoms with Crippen LogP contribution in [-0.2, 0) is 4.79 Å². The maximum absolute atomic E-state index is 11.9. The first-order chi connectivity index (χ1) is 7.59. The van der Waals surface area contributed by atoms with E-state index in [9.17, 15) is 9.59 Å². The SMILES string of the molecule is Cc1ccoc1C(=O)N1CCC(C(=O)O)C1. The van der Waals surface area contributed by atoms with Crippen molar-refractivity contribution in [1.82, 2.24) is 4.90 Å². The molecule has 5 nitrogen and oxygen atoms in total. The normalized spacial score (nSPS) is 20.1. The number of aryl methyl sites for hydroxylation is 1. The number of hydrogen-bond donors (Lipinski definition) is 1. The number of likely N-dealkylation sites (tertiary alicyclic amines) is 1. The lowest BCUT2D eigenvalue weighted by molar-refractivity contribution is -0.141. The van der Waals surface area contributed by atoms with E-state index in [0.29, 0.717) is 18.7 Å². The molecule has 16 heavy (non-hydrogen) atoms. The molecule has 0 bridgehead atoms. The van der Waals surface area contributed by atoms with Crippen molar-refractivity contribution in [2.24, 2.45) is 5.92 Å². The molecule has 1 unspecified atom stereocenters. The number of amides is 1. The summed E-state index contributed by atoms with van der Waals surface area (Å²) in [7, 11) is 0. The van der Waals surface area contributed by atoms with Gasteiger partial charge in [0.15, 0.2) is 5.76 Å². The molecule has 1 amide bonds. The third-order valence-corrected chi connectivity index (χ3v) is 2.88. The minimum atomic E-state index is -0.841. The van der Waals surface area contributed by atoms with Crippen molar-refractivity contribution in [2.75, 3.05) is 13.1 Å². The summed E-state index contributed by atoms with van der Waals surface area (Å²) in [5.41, 5.74) is 0.781. The first-order valence-electron chi connectivity index (χ1n) is 5.15. The van der Waals surface area contributed by atoms with Crippen LogP contribution >= 0.6 is 0 Å². The zero-order valence-electron chi connectivity index (χ0n) is 8.97. The van der Waals surface area contributed by atoms with Gasteiger partial charge < -0.3 is 14.4 Å². The van der Waals surface area contributed by atoms with E-state index in [1.807, 2.05) is 0 Å². The topological polar surface area (TPSA) is 70.8 Å². The van der Waals surface area contributed by atoms with Crippen LogP contribution in [-0.4, -0.2) is 35.0 Å². The Kier molecular flexibility index (Phi) is 2.68. The van der Waals surface area contributed by atoms with E-state index in [1.165, 1.54) is 11.2 Å². The second-order valence-electron chi connectivity index (χ2n) is 4.01. The van der Waals surface area contributed by atoms with Crippen molar-refractivity contribution >= 4 is 11.9 Å². The van der Waals surface area contributed by atoms with Crippen LogP contribution in [0.25, 0.3) is 0 Å². The number of carboxylic acids is 1. The van der Waals surface area contributed by atoms with Gasteiger partial charge in [-0.2, -0.15) is 0 Å². The Morgan fingerprint density at radius 2 is 2.31 bits per heavy atom. The number of furan rings is 1. The summed E-state index contributed by atoms with van der Waals surface area (Å²) in [6.45, 7) is 2.55. The third kappa shape index (κ3) is 1.80. The van der Waals surface area contributed by atoms with Crippen LogP contribution < -0.4 is 0 Å². The number of aliphatic carboxylic acids is 1. The van der Waals surface area contributed by atoms with Gasteiger partial charge >= 0.3 is 5.97 Å². The highest BCUT2D eigenvalue weighted by Crippen LogP contribution is 2.20. The van der Waals surface area contributed by atoms with Crippen molar-refractivity contribution in [2.45, 2.75) is 13.3 Å². The Hall–Kier alpha value is -1.78. The van der Waals surface area contributed by atoms with Crippen molar-refractivity contribution in [1.29, 1.82) is 0 Å². The van der Waals surface area contributed by atoms with E-state index in [2.05, 4.69) is 0 Å².